The van der Waals surface area contributed by atoms with Gasteiger partial charge in [-0.15, -0.1) is 0 Å². The van der Waals surface area contributed by atoms with Crippen LogP contribution in [0, 0.1) is 11.3 Å². The highest BCUT2D eigenvalue weighted by Gasteiger charge is 2.36. The molecular weight excluding hydrogens is 417 g/mol. The minimum absolute atomic E-state index is 0.0420. The molecule has 1 amide bonds. The van der Waals surface area contributed by atoms with E-state index in [1.807, 2.05) is 0 Å². The van der Waals surface area contributed by atoms with E-state index in [0.717, 1.165) is 5.56 Å². The van der Waals surface area contributed by atoms with E-state index in [0.29, 0.717) is 36.3 Å². The molecule has 164 valence electrons. The molecule has 3 heterocycles. The normalized spacial score (nSPS) is 20.1. The van der Waals surface area contributed by atoms with Gasteiger partial charge in [-0.05, 0) is 30.2 Å². The molecule has 31 heavy (non-hydrogen) atoms. The third kappa shape index (κ3) is 4.44. The Labute approximate surface area is 175 Å². The highest BCUT2D eigenvalue weighted by atomic mass is 19.4. The number of primary amides is 1. The summed E-state index contributed by atoms with van der Waals surface area (Å²) in [6.45, 7) is -1.03. The molecular formula is C20H19F3N4O4. The monoisotopic (exact) mass is 436 g/mol. The summed E-state index contributed by atoms with van der Waals surface area (Å²) in [5.74, 6) is -0.130. The Hall–Kier alpha value is -3.26. The molecule has 0 spiro atoms. The van der Waals surface area contributed by atoms with Gasteiger partial charge in [0.05, 0.1) is 30.4 Å². The predicted molar refractivity (Wildman–Crippen MR) is 99.7 cm³/mol. The number of rotatable bonds is 5. The molecule has 0 radical (unpaired) electrons. The van der Waals surface area contributed by atoms with Crippen molar-refractivity contribution in [3.8, 4) is 17.7 Å². The molecule has 4 rings (SSSR count). The second-order valence-electron chi connectivity index (χ2n) is 7.46. The Morgan fingerprint density at radius 2 is 2.23 bits per heavy atom. The first-order valence-electron chi connectivity index (χ1n) is 9.62. The highest BCUT2D eigenvalue weighted by molar-refractivity contribution is 5.93. The first-order valence-corrected chi connectivity index (χ1v) is 9.62. The second kappa shape index (κ2) is 8.11. The van der Waals surface area contributed by atoms with Gasteiger partial charge in [-0.3, -0.25) is 4.79 Å². The van der Waals surface area contributed by atoms with Gasteiger partial charge in [-0.2, -0.15) is 23.5 Å². The van der Waals surface area contributed by atoms with Crippen LogP contribution in [0.25, 0.3) is 0 Å². The number of aromatic nitrogens is 2. The number of carbonyl (C=O) groups is 1. The number of alkyl halides is 3. The maximum atomic E-state index is 12.4. The average molecular weight is 436 g/mol. The molecule has 0 saturated carbocycles. The van der Waals surface area contributed by atoms with Crippen LogP contribution in [0.2, 0.25) is 0 Å². The van der Waals surface area contributed by atoms with Crippen molar-refractivity contribution >= 4 is 5.91 Å². The Kier molecular flexibility index (Phi) is 5.49. The fourth-order valence-corrected chi connectivity index (χ4v) is 3.84. The van der Waals surface area contributed by atoms with Crippen LogP contribution in [-0.4, -0.2) is 47.8 Å². The molecule has 1 aromatic heterocycles. The summed E-state index contributed by atoms with van der Waals surface area (Å²) in [6, 6.07) is 7.17. The number of benzene rings is 1. The van der Waals surface area contributed by atoms with Crippen molar-refractivity contribution in [1.82, 2.24) is 9.78 Å². The van der Waals surface area contributed by atoms with Gasteiger partial charge in [-0.25, -0.2) is 4.68 Å². The van der Waals surface area contributed by atoms with E-state index < -0.39 is 24.8 Å². The Morgan fingerprint density at radius 3 is 2.94 bits per heavy atom. The van der Waals surface area contributed by atoms with E-state index in [9.17, 15) is 18.0 Å². The van der Waals surface area contributed by atoms with Gasteiger partial charge >= 0.3 is 6.18 Å². The van der Waals surface area contributed by atoms with Crippen molar-refractivity contribution in [3.63, 3.8) is 0 Å². The van der Waals surface area contributed by atoms with Crippen molar-refractivity contribution in [2.45, 2.75) is 37.6 Å². The maximum Gasteiger partial charge on any atom is 0.411 e. The van der Waals surface area contributed by atoms with Crippen LogP contribution in [0.3, 0.4) is 0 Å². The molecule has 8 nitrogen and oxygen atoms in total. The smallest absolute Gasteiger partial charge is 0.411 e. The fourth-order valence-electron chi connectivity index (χ4n) is 3.84. The number of nitrogens with zero attached hydrogens (tertiary/aromatic N) is 3. The topological polar surface area (TPSA) is 112 Å². The zero-order valence-corrected chi connectivity index (χ0v) is 16.3. The van der Waals surface area contributed by atoms with Crippen LogP contribution < -0.4 is 15.2 Å². The third-order valence-corrected chi connectivity index (χ3v) is 5.19. The molecule has 2 aromatic rings. The molecule has 0 bridgehead atoms. The van der Waals surface area contributed by atoms with Gasteiger partial charge in [0.1, 0.15) is 18.5 Å². The van der Waals surface area contributed by atoms with Crippen LogP contribution in [0.5, 0.6) is 11.6 Å². The molecule has 2 aliphatic rings. The van der Waals surface area contributed by atoms with Gasteiger partial charge in [-0.1, -0.05) is 0 Å². The number of hydrogen-bond donors (Lipinski definition) is 1. The van der Waals surface area contributed by atoms with Crippen LogP contribution >= 0.6 is 0 Å². The molecule has 1 aromatic carbocycles. The Bertz CT molecular complexity index is 1040. The number of carbonyl (C=O) groups excluding carboxylic acids is 1. The molecule has 11 heteroatoms. The summed E-state index contributed by atoms with van der Waals surface area (Å²) < 4.78 is 55.0. The minimum Gasteiger partial charge on any atom is -0.493 e. The number of hydrogen-bond acceptors (Lipinski definition) is 6. The number of halogens is 3. The Morgan fingerprint density at radius 1 is 1.42 bits per heavy atom. The summed E-state index contributed by atoms with van der Waals surface area (Å²) in [5.41, 5.74) is 7.31. The minimum atomic E-state index is -4.42. The summed E-state index contributed by atoms with van der Waals surface area (Å²) >= 11 is 0. The number of nitrogens with two attached hydrogens (primary N) is 1. The number of aryl methyl sites for hydroxylation is 1. The van der Waals surface area contributed by atoms with Crippen LogP contribution in [0.1, 0.15) is 39.5 Å². The molecule has 2 atom stereocenters. The van der Waals surface area contributed by atoms with Crippen LogP contribution in [-0.2, 0) is 17.7 Å². The first kappa shape index (κ1) is 21.0. The Balaban J connectivity index is 1.59. The van der Waals surface area contributed by atoms with Crippen molar-refractivity contribution in [1.29, 1.82) is 5.26 Å². The van der Waals surface area contributed by atoms with Crippen molar-refractivity contribution < 1.29 is 32.2 Å². The van der Waals surface area contributed by atoms with E-state index in [-0.39, 0.29) is 30.7 Å². The zero-order chi connectivity index (χ0) is 22.2. The van der Waals surface area contributed by atoms with E-state index in [4.69, 9.17) is 25.2 Å². The lowest BCUT2D eigenvalue weighted by atomic mass is 9.89. The maximum absolute atomic E-state index is 12.4. The average Bonchev–Trinajstić information content (AvgIpc) is 3.11. The van der Waals surface area contributed by atoms with Crippen LogP contribution in [0.15, 0.2) is 18.2 Å². The van der Waals surface area contributed by atoms with Gasteiger partial charge in [0.25, 0.3) is 5.91 Å². The van der Waals surface area contributed by atoms with Crippen molar-refractivity contribution in [2.24, 2.45) is 5.73 Å². The van der Waals surface area contributed by atoms with E-state index in [1.54, 1.807) is 18.2 Å². The number of amides is 1. The van der Waals surface area contributed by atoms with Crippen molar-refractivity contribution in [3.05, 3.63) is 40.6 Å². The highest BCUT2D eigenvalue weighted by Crippen LogP contribution is 2.40. The standard InChI is InChI=1S/C20H19F3N4O4/c21-20(22,23)10-29-9-14-3-4-27-19(31-14)16(17(26-27)18(25)28)13-6-12-5-11(7-24)1-2-15(12)30-8-13/h1-2,5,13-14H,3-4,6,8-10H2,(H2,25,28)/t13-,14?/m0/s1. The fraction of sp³-hybridized carbons (Fsp3) is 0.450. The zero-order valence-electron chi connectivity index (χ0n) is 16.3. The summed E-state index contributed by atoms with van der Waals surface area (Å²) in [4.78, 5) is 12.0. The third-order valence-electron chi connectivity index (χ3n) is 5.19. The molecule has 0 aliphatic carbocycles. The number of ether oxygens (including phenoxy) is 3. The molecule has 0 saturated heterocycles. The summed E-state index contributed by atoms with van der Waals surface area (Å²) in [5, 5.41) is 13.4. The lowest BCUT2D eigenvalue weighted by molar-refractivity contribution is -0.179. The largest absolute Gasteiger partial charge is 0.493 e. The lowest BCUT2D eigenvalue weighted by Gasteiger charge is -2.29. The van der Waals surface area contributed by atoms with Gasteiger partial charge in [0.15, 0.2) is 5.69 Å². The van der Waals surface area contributed by atoms with Crippen molar-refractivity contribution in [2.75, 3.05) is 19.8 Å². The van der Waals surface area contributed by atoms with E-state index >= 15 is 0 Å². The number of fused-ring (bicyclic) bond motifs is 2. The number of nitriles is 1. The summed E-state index contributed by atoms with van der Waals surface area (Å²) in [6.07, 6.45) is -4.20. The van der Waals surface area contributed by atoms with Gasteiger partial charge in [0.2, 0.25) is 5.88 Å². The lowest BCUT2D eigenvalue weighted by Crippen LogP contribution is -2.33. The summed E-state index contributed by atoms with van der Waals surface area (Å²) in [7, 11) is 0. The molecule has 2 N–H and O–H groups in total. The predicted octanol–water partition coefficient (Wildman–Crippen LogP) is 2.30. The SMILES string of the molecule is N#Cc1ccc2c(c1)C[C@H](c1c(C(N)=O)nn3c1OC(COCC(F)(F)F)CC3)CO2. The molecule has 0 fully saturated rings. The van der Waals surface area contributed by atoms with Gasteiger partial charge in [0, 0.05) is 18.9 Å². The first-order chi connectivity index (χ1) is 14.7. The quantitative estimate of drug-likeness (QED) is 0.770. The van der Waals surface area contributed by atoms with E-state index in [2.05, 4.69) is 11.2 Å². The van der Waals surface area contributed by atoms with Gasteiger partial charge < -0.3 is 19.9 Å². The molecule has 1 unspecified atom stereocenters. The molecule has 2 aliphatic heterocycles. The van der Waals surface area contributed by atoms with E-state index in [1.165, 1.54) is 4.68 Å². The second-order valence-corrected chi connectivity index (χ2v) is 7.46. The van der Waals surface area contributed by atoms with Crippen LogP contribution in [0.4, 0.5) is 13.2 Å².